The van der Waals surface area contributed by atoms with E-state index in [-0.39, 0.29) is 12.3 Å². The molecule has 0 bridgehead atoms. The number of sulfonamides is 1. The van der Waals surface area contributed by atoms with Crippen LogP contribution < -0.4 is 5.73 Å². The molecule has 0 aromatic carbocycles. The third-order valence-electron chi connectivity index (χ3n) is 3.70. The molecule has 1 atom stereocenters. The van der Waals surface area contributed by atoms with E-state index in [0.717, 1.165) is 19.5 Å². The van der Waals surface area contributed by atoms with E-state index in [4.69, 9.17) is 5.73 Å². The second kappa shape index (κ2) is 7.83. The first-order valence-electron chi connectivity index (χ1n) is 7.43. The average Bonchev–Trinajstić information content (AvgIpc) is 2.39. The zero-order chi connectivity index (χ0) is 15.2. The van der Waals surface area contributed by atoms with Gasteiger partial charge in [-0.25, -0.2) is 12.7 Å². The lowest BCUT2D eigenvalue weighted by atomic mass is 10.0. The van der Waals surface area contributed by atoms with E-state index in [1.54, 1.807) is 0 Å². The van der Waals surface area contributed by atoms with Crippen LogP contribution in [-0.2, 0) is 10.0 Å². The molecule has 118 valence electrons. The molecular weight excluding hydrogens is 276 g/mol. The molecule has 1 aliphatic heterocycles. The van der Waals surface area contributed by atoms with Crippen molar-refractivity contribution in [2.24, 2.45) is 16.6 Å². The van der Waals surface area contributed by atoms with Crippen LogP contribution in [0.15, 0.2) is 4.99 Å². The number of hydrogen-bond donors (Lipinski definition) is 1. The highest BCUT2D eigenvalue weighted by Gasteiger charge is 2.19. The molecule has 1 heterocycles. The number of nitrogens with zero attached hydrogens (tertiary/aromatic N) is 3. The van der Waals surface area contributed by atoms with Gasteiger partial charge in [0.1, 0.15) is 0 Å². The summed E-state index contributed by atoms with van der Waals surface area (Å²) >= 11 is 0. The third-order valence-corrected chi connectivity index (χ3v) is 5.70. The molecule has 0 amide bonds. The Morgan fingerprint density at radius 1 is 1.40 bits per heavy atom. The van der Waals surface area contributed by atoms with Crippen molar-refractivity contribution in [2.45, 2.75) is 33.6 Å². The quantitative estimate of drug-likeness (QED) is 0.579. The first kappa shape index (κ1) is 17.2. The van der Waals surface area contributed by atoms with Gasteiger partial charge in [-0.15, -0.1) is 0 Å². The summed E-state index contributed by atoms with van der Waals surface area (Å²) in [7, 11) is -3.21. The molecule has 1 unspecified atom stereocenters. The Morgan fingerprint density at radius 2 is 2.05 bits per heavy atom. The van der Waals surface area contributed by atoms with Crippen LogP contribution in [0.5, 0.6) is 0 Å². The largest absolute Gasteiger partial charge is 0.370 e. The molecule has 6 nitrogen and oxygen atoms in total. The lowest BCUT2D eigenvalue weighted by Crippen LogP contribution is -2.43. The van der Waals surface area contributed by atoms with Crippen LogP contribution in [-0.4, -0.2) is 62.1 Å². The second-order valence-electron chi connectivity index (χ2n) is 5.33. The summed E-state index contributed by atoms with van der Waals surface area (Å²) in [6, 6.07) is 0. The van der Waals surface area contributed by atoms with Gasteiger partial charge in [0, 0.05) is 26.2 Å². The summed E-state index contributed by atoms with van der Waals surface area (Å²) in [5.74, 6) is 1.13. The molecule has 1 saturated heterocycles. The number of aliphatic imine (C=N–C) groups is 1. The molecule has 20 heavy (non-hydrogen) atoms. The van der Waals surface area contributed by atoms with E-state index >= 15 is 0 Å². The van der Waals surface area contributed by atoms with Crippen molar-refractivity contribution in [3.63, 3.8) is 0 Å². The Labute approximate surface area is 123 Å². The van der Waals surface area contributed by atoms with Crippen LogP contribution in [0.1, 0.15) is 33.6 Å². The summed E-state index contributed by atoms with van der Waals surface area (Å²) in [5.41, 5.74) is 5.95. The van der Waals surface area contributed by atoms with E-state index in [1.165, 1.54) is 10.7 Å². The zero-order valence-electron chi connectivity index (χ0n) is 12.9. The normalized spacial score (nSPS) is 21.5. The molecular formula is C13H28N4O2S. The summed E-state index contributed by atoms with van der Waals surface area (Å²) in [6.45, 7) is 8.95. The number of piperidine rings is 1. The van der Waals surface area contributed by atoms with E-state index in [9.17, 15) is 8.42 Å². The van der Waals surface area contributed by atoms with E-state index < -0.39 is 10.0 Å². The maximum Gasteiger partial charge on any atom is 0.215 e. The van der Waals surface area contributed by atoms with Crippen LogP contribution >= 0.6 is 0 Å². The predicted molar refractivity (Wildman–Crippen MR) is 83.2 cm³/mol. The Hall–Kier alpha value is -0.820. The molecule has 1 rings (SSSR count). The Balaban J connectivity index is 2.51. The molecule has 0 spiro atoms. The second-order valence-corrected chi connectivity index (χ2v) is 7.42. The molecule has 7 heteroatoms. The number of nitrogens with two attached hydrogens (primary N) is 1. The van der Waals surface area contributed by atoms with Crippen molar-refractivity contribution >= 4 is 16.0 Å². The number of guanidine groups is 1. The Bertz CT molecular complexity index is 418. The SMILES string of the molecule is CCN(CC)S(=O)(=O)CCN=C(N)N1CCCC(C)C1. The maximum atomic E-state index is 12.0. The minimum Gasteiger partial charge on any atom is -0.370 e. The van der Waals surface area contributed by atoms with Gasteiger partial charge >= 0.3 is 0 Å². The molecule has 1 aliphatic rings. The Morgan fingerprint density at radius 3 is 2.60 bits per heavy atom. The highest BCUT2D eigenvalue weighted by Crippen LogP contribution is 2.14. The van der Waals surface area contributed by atoms with Gasteiger partial charge in [0.05, 0.1) is 12.3 Å². The van der Waals surface area contributed by atoms with E-state index in [1.807, 2.05) is 13.8 Å². The van der Waals surface area contributed by atoms with Gasteiger partial charge in [-0.1, -0.05) is 20.8 Å². The predicted octanol–water partition coefficient (Wildman–Crippen LogP) is 0.705. The van der Waals surface area contributed by atoms with Gasteiger partial charge in [-0.2, -0.15) is 0 Å². The minimum atomic E-state index is -3.21. The fraction of sp³-hybridized carbons (Fsp3) is 0.923. The fourth-order valence-electron chi connectivity index (χ4n) is 2.52. The molecule has 1 fully saturated rings. The number of likely N-dealkylation sites (tertiary alicyclic amines) is 1. The van der Waals surface area contributed by atoms with Crippen molar-refractivity contribution in [3.05, 3.63) is 0 Å². The smallest absolute Gasteiger partial charge is 0.215 e. The standard InChI is InChI=1S/C13H28N4O2S/c1-4-17(5-2)20(18,19)10-8-15-13(14)16-9-6-7-12(3)11-16/h12H,4-11H2,1-3H3,(H2,14,15). The molecule has 2 N–H and O–H groups in total. The molecule has 0 radical (unpaired) electrons. The summed E-state index contributed by atoms with van der Waals surface area (Å²) in [5, 5.41) is 0. The van der Waals surface area contributed by atoms with Crippen molar-refractivity contribution in [3.8, 4) is 0 Å². The van der Waals surface area contributed by atoms with Crippen molar-refractivity contribution in [2.75, 3.05) is 38.5 Å². The van der Waals surface area contributed by atoms with E-state index in [2.05, 4.69) is 16.8 Å². The van der Waals surface area contributed by atoms with Crippen molar-refractivity contribution in [1.82, 2.24) is 9.21 Å². The van der Waals surface area contributed by atoms with E-state index in [0.29, 0.717) is 25.0 Å². The third kappa shape index (κ3) is 4.94. The number of hydrogen-bond acceptors (Lipinski definition) is 3. The van der Waals surface area contributed by atoms with Crippen LogP contribution in [0.3, 0.4) is 0 Å². The molecule has 0 aromatic heterocycles. The van der Waals surface area contributed by atoms with Crippen LogP contribution in [0.25, 0.3) is 0 Å². The van der Waals surface area contributed by atoms with Crippen molar-refractivity contribution in [1.29, 1.82) is 0 Å². The Kier molecular flexibility index (Phi) is 6.75. The average molecular weight is 304 g/mol. The van der Waals surface area contributed by atoms with Gasteiger partial charge in [0.2, 0.25) is 10.0 Å². The van der Waals surface area contributed by atoms with Gasteiger partial charge in [-0.05, 0) is 18.8 Å². The molecule has 0 aliphatic carbocycles. The minimum absolute atomic E-state index is 0.0266. The lowest BCUT2D eigenvalue weighted by molar-refractivity contribution is 0.270. The first-order chi connectivity index (χ1) is 9.40. The maximum absolute atomic E-state index is 12.0. The van der Waals surface area contributed by atoms with Gasteiger partial charge < -0.3 is 10.6 Å². The number of rotatable bonds is 6. The fourth-order valence-corrected chi connectivity index (χ4v) is 3.89. The zero-order valence-corrected chi connectivity index (χ0v) is 13.7. The highest BCUT2D eigenvalue weighted by atomic mass is 32.2. The van der Waals surface area contributed by atoms with Crippen LogP contribution in [0, 0.1) is 5.92 Å². The lowest BCUT2D eigenvalue weighted by Gasteiger charge is -2.31. The van der Waals surface area contributed by atoms with Gasteiger partial charge in [0.25, 0.3) is 0 Å². The van der Waals surface area contributed by atoms with Crippen LogP contribution in [0.2, 0.25) is 0 Å². The monoisotopic (exact) mass is 304 g/mol. The molecule has 0 aromatic rings. The van der Waals surface area contributed by atoms with Crippen molar-refractivity contribution < 1.29 is 8.42 Å². The van der Waals surface area contributed by atoms with Gasteiger partial charge in [-0.3, -0.25) is 4.99 Å². The van der Waals surface area contributed by atoms with Crippen LogP contribution in [0.4, 0.5) is 0 Å². The topological polar surface area (TPSA) is 79.0 Å². The summed E-state index contributed by atoms with van der Waals surface area (Å²) < 4.78 is 25.5. The summed E-state index contributed by atoms with van der Waals surface area (Å²) in [4.78, 5) is 6.29. The van der Waals surface area contributed by atoms with Gasteiger partial charge in [0.15, 0.2) is 5.96 Å². The highest BCUT2D eigenvalue weighted by molar-refractivity contribution is 7.89. The summed E-state index contributed by atoms with van der Waals surface area (Å²) in [6.07, 6.45) is 2.34. The first-order valence-corrected chi connectivity index (χ1v) is 9.04. The molecule has 0 saturated carbocycles.